The number of nitrogens with zero attached hydrogens (tertiary/aromatic N) is 1. The molecule has 21 heavy (non-hydrogen) atoms. The van der Waals surface area contributed by atoms with Crippen molar-refractivity contribution in [1.29, 1.82) is 5.26 Å². The summed E-state index contributed by atoms with van der Waals surface area (Å²) in [6, 6.07) is 6.56. The van der Waals surface area contributed by atoms with Gasteiger partial charge in [-0.3, -0.25) is 4.79 Å². The summed E-state index contributed by atoms with van der Waals surface area (Å²) in [6.45, 7) is 4.89. The predicted octanol–water partition coefficient (Wildman–Crippen LogP) is 4.14. The summed E-state index contributed by atoms with van der Waals surface area (Å²) in [4.78, 5) is 11.9. The number of carbonyl (C=O) groups excluding carboxylic acids is 1. The van der Waals surface area contributed by atoms with E-state index in [2.05, 4.69) is 5.32 Å². The van der Waals surface area contributed by atoms with Crippen LogP contribution < -0.4 is 5.32 Å². The molecule has 0 aromatic heterocycles. The number of rotatable bonds is 3. The standard InChI is InChI=1S/C15H15F3N2O/c1-14(2,3)13(21)10(8-19)9-20-12-7-5-4-6-11(12)15(16,17)18/h4-7,9,20H,1-3H3/b10-9+. The zero-order valence-electron chi connectivity index (χ0n) is 11.9. The largest absolute Gasteiger partial charge is 0.418 e. The second-order valence-corrected chi connectivity index (χ2v) is 5.44. The van der Waals surface area contributed by atoms with Gasteiger partial charge in [-0.1, -0.05) is 32.9 Å². The number of nitriles is 1. The van der Waals surface area contributed by atoms with E-state index in [1.165, 1.54) is 18.2 Å². The third-order valence-electron chi connectivity index (χ3n) is 2.65. The molecule has 0 radical (unpaired) electrons. The molecule has 0 aliphatic carbocycles. The number of allylic oxidation sites excluding steroid dienone is 1. The van der Waals surface area contributed by atoms with Gasteiger partial charge in [0.15, 0.2) is 5.78 Å². The lowest BCUT2D eigenvalue weighted by Crippen LogP contribution is -2.22. The van der Waals surface area contributed by atoms with Gasteiger partial charge in [0.2, 0.25) is 0 Å². The van der Waals surface area contributed by atoms with Crippen molar-refractivity contribution in [3.05, 3.63) is 41.6 Å². The van der Waals surface area contributed by atoms with Gasteiger partial charge in [-0.15, -0.1) is 0 Å². The van der Waals surface area contributed by atoms with Gasteiger partial charge in [-0.2, -0.15) is 18.4 Å². The molecule has 1 aromatic rings. The Bertz CT molecular complexity index is 605. The molecule has 0 amide bonds. The number of ketones is 1. The summed E-state index contributed by atoms with van der Waals surface area (Å²) in [6.07, 6.45) is -3.50. The van der Waals surface area contributed by atoms with Crippen LogP contribution in [0.1, 0.15) is 26.3 Å². The lowest BCUT2D eigenvalue weighted by molar-refractivity contribution is -0.136. The van der Waals surface area contributed by atoms with Crippen LogP contribution >= 0.6 is 0 Å². The maximum atomic E-state index is 12.8. The Labute approximate surface area is 121 Å². The smallest absolute Gasteiger partial charge is 0.360 e. The first kappa shape index (κ1) is 16.8. The number of anilines is 1. The molecule has 3 nitrogen and oxygen atoms in total. The first-order chi connectivity index (χ1) is 9.57. The Hall–Kier alpha value is -2.29. The minimum Gasteiger partial charge on any atom is -0.360 e. The van der Waals surface area contributed by atoms with Crippen LogP contribution in [0.15, 0.2) is 36.0 Å². The number of para-hydroxylation sites is 1. The van der Waals surface area contributed by atoms with Crippen LogP contribution in [0, 0.1) is 16.7 Å². The number of Topliss-reactive ketones (excluding diaryl/α,β-unsaturated/α-hetero) is 1. The summed E-state index contributed by atoms with van der Waals surface area (Å²) in [5.41, 5.74) is -2.08. The van der Waals surface area contributed by atoms with Gasteiger partial charge >= 0.3 is 6.18 Å². The normalized spacial score (nSPS) is 12.7. The van der Waals surface area contributed by atoms with Gasteiger partial charge in [0.05, 0.1) is 11.3 Å². The molecular weight excluding hydrogens is 281 g/mol. The SMILES string of the molecule is CC(C)(C)C(=O)/C(C#N)=C/Nc1ccccc1C(F)(F)F. The van der Waals surface area contributed by atoms with Crippen molar-refractivity contribution < 1.29 is 18.0 Å². The highest BCUT2D eigenvalue weighted by Crippen LogP contribution is 2.34. The van der Waals surface area contributed by atoms with Crippen molar-refractivity contribution in [1.82, 2.24) is 0 Å². The molecule has 1 rings (SSSR count). The van der Waals surface area contributed by atoms with Crippen LogP contribution in [0.5, 0.6) is 0 Å². The van der Waals surface area contributed by atoms with Crippen molar-refractivity contribution in [2.24, 2.45) is 5.41 Å². The summed E-state index contributed by atoms with van der Waals surface area (Å²) in [5.74, 6) is -0.443. The highest BCUT2D eigenvalue weighted by atomic mass is 19.4. The van der Waals surface area contributed by atoms with Gasteiger partial charge in [-0.25, -0.2) is 0 Å². The average molecular weight is 296 g/mol. The van der Waals surface area contributed by atoms with E-state index >= 15 is 0 Å². The fraction of sp³-hybridized carbons (Fsp3) is 0.333. The monoisotopic (exact) mass is 296 g/mol. The molecule has 0 aliphatic rings. The van der Waals surface area contributed by atoms with E-state index in [-0.39, 0.29) is 11.3 Å². The van der Waals surface area contributed by atoms with E-state index in [9.17, 15) is 18.0 Å². The van der Waals surface area contributed by atoms with Crippen LogP contribution in [0.4, 0.5) is 18.9 Å². The topological polar surface area (TPSA) is 52.9 Å². The van der Waals surface area contributed by atoms with Gasteiger partial charge in [0.1, 0.15) is 11.6 Å². The highest BCUT2D eigenvalue weighted by Gasteiger charge is 2.33. The number of hydrogen-bond acceptors (Lipinski definition) is 3. The quantitative estimate of drug-likeness (QED) is 0.673. The van der Waals surface area contributed by atoms with E-state index in [1.54, 1.807) is 26.8 Å². The maximum Gasteiger partial charge on any atom is 0.418 e. The molecule has 0 bridgehead atoms. The molecule has 0 saturated heterocycles. The van der Waals surface area contributed by atoms with E-state index in [0.29, 0.717) is 0 Å². The second-order valence-electron chi connectivity index (χ2n) is 5.44. The number of carbonyl (C=O) groups is 1. The number of alkyl halides is 3. The van der Waals surface area contributed by atoms with Crippen molar-refractivity contribution >= 4 is 11.5 Å². The highest BCUT2D eigenvalue weighted by molar-refractivity contribution is 6.02. The molecule has 0 saturated carbocycles. The Morgan fingerprint density at radius 3 is 2.29 bits per heavy atom. The van der Waals surface area contributed by atoms with Gasteiger partial charge in [-0.05, 0) is 12.1 Å². The lowest BCUT2D eigenvalue weighted by atomic mass is 9.87. The molecule has 1 N–H and O–H groups in total. The summed E-state index contributed by atoms with van der Waals surface area (Å²) < 4.78 is 38.4. The molecule has 0 spiro atoms. The first-order valence-electron chi connectivity index (χ1n) is 6.15. The minimum atomic E-state index is -4.52. The van der Waals surface area contributed by atoms with Crippen molar-refractivity contribution in [2.45, 2.75) is 26.9 Å². The van der Waals surface area contributed by atoms with E-state index < -0.39 is 22.9 Å². The first-order valence-corrected chi connectivity index (χ1v) is 6.15. The molecule has 112 valence electrons. The maximum absolute atomic E-state index is 12.8. The minimum absolute atomic E-state index is 0.209. The van der Waals surface area contributed by atoms with Crippen LogP contribution in [0.3, 0.4) is 0 Å². The fourth-order valence-electron chi connectivity index (χ4n) is 1.56. The Morgan fingerprint density at radius 2 is 1.81 bits per heavy atom. The van der Waals surface area contributed by atoms with Crippen LogP contribution in [-0.2, 0) is 11.0 Å². The number of halogens is 3. The fourth-order valence-corrected chi connectivity index (χ4v) is 1.56. The lowest BCUT2D eigenvalue weighted by Gasteiger charge is -2.16. The van der Waals surface area contributed by atoms with Crippen LogP contribution in [0.2, 0.25) is 0 Å². The van der Waals surface area contributed by atoms with Gasteiger partial charge in [0, 0.05) is 11.6 Å². The third kappa shape index (κ3) is 4.35. The van der Waals surface area contributed by atoms with Crippen molar-refractivity contribution in [3.8, 4) is 6.07 Å². The summed E-state index contributed by atoms with van der Waals surface area (Å²) in [5, 5.41) is 11.4. The molecule has 0 heterocycles. The Morgan fingerprint density at radius 1 is 1.24 bits per heavy atom. The average Bonchev–Trinajstić information content (AvgIpc) is 2.37. The van der Waals surface area contributed by atoms with Crippen LogP contribution in [-0.4, -0.2) is 5.78 Å². The Balaban J connectivity index is 3.10. The van der Waals surface area contributed by atoms with Gasteiger partial charge < -0.3 is 5.32 Å². The van der Waals surface area contributed by atoms with Crippen molar-refractivity contribution in [3.63, 3.8) is 0 Å². The molecule has 1 aromatic carbocycles. The number of hydrogen-bond donors (Lipinski definition) is 1. The molecular formula is C15H15F3N2O. The third-order valence-corrected chi connectivity index (χ3v) is 2.65. The zero-order chi connectivity index (χ0) is 16.3. The molecule has 0 aliphatic heterocycles. The summed E-state index contributed by atoms with van der Waals surface area (Å²) >= 11 is 0. The van der Waals surface area contributed by atoms with Crippen LogP contribution in [0.25, 0.3) is 0 Å². The molecule has 0 atom stereocenters. The molecule has 6 heteroatoms. The van der Waals surface area contributed by atoms with E-state index in [4.69, 9.17) is 5.26 Å². The number of nitrogens with one attached hydrogen (secondary N) is 1. The molecule has 0 unspecified atom stereocenters. The Kier molecular flexibility index (Phi) is 4.79. The number of benzene rings is 1. The van der Waals surface area contributed by atoms with E-state index in [1.807, 2.05) is 0 Å². The molecule has 0 fully saturated rings. The summed E-state index contributed by atoms with van der Waals surface area (Å²) in [7, 11) is 0. The van der Waals surface area contributed by atoms with E-state index in [0.717, 1.165) is 12.3 Å². The van der Waals surface area contributed by atoms with Crippen molar-refractivity contribution in [2.75, 3.05) is 5.32 Å². The second kappa shape index (κ2) is 6.00. The van der Waals surface area contributed by atoms with Gasteiger partial charge in [0.25, 0.3) is 0 Å². The predicted molar refractivity (Wildman–Crippen MR) is 73.2 cm³/mol. The zero-order valence-corrected chi connectivity index (χ0v) is 11.9.